The Bertz CT molecular complexity index is 755. The summed E-state index contributed by atoms with van der Waals surface area (Å²) in [4.78, 5) is 12.4. The van der Waals surface area contributed by atoms with Gasteiger partial charge in [-0.1, -0.05) is 41.9 Å². The van der Waals surface area contributed by atoms with Crippen molar-refractivity contribution in [2.24, 2.45) is 0 Å². The molecule has 3 rings (SSSR count). The summed E-state index contributed by atoms with van der Waals surface area (Å²) in [7, 11) is 0. The van der Waals surface area contributed by atoms with Crippen LogP contribution in [0.25, 0.3) is 17.1 Å². The highest BCUT2D eigenvalue weighted by Crippen LogP contribution is 2.19. The van der Waals surface area contributed by atoms with E-state index in [2.05, 4.69) is 15.4 Å². The molecule has 1 heterocycles. The van der Waals surface area contributed by atoms with Crippen LogP contribution in [0, 0.1) is 0 Å². The van der Waals surface area contributed by atoms with Gasteiger partial charge in [-0.2, -0.15) is 0 Å². The molecule has 20 heavy (non-hydrogen) atoms. The van der Waals surface area contributed by atoms with Gasteiger partial charge in [-0.25, -0.2) is 0 Å². The van der Waals surface area contributed by atoms with Crippen LogP contribution >= 0.6 is 11.6 Å². The number of benzene rings is 2. The lowest BCUT2D eigenvalue weighted by Gasteiger charge is -2.02. The number of carbonyl (C=O) groups excluding carboxylic acids is 1. The minimum absolute atomic E-state index is 0.450. The molecule has 0 N–H and O–H groups in total. The van der Waals surface area contributed by atoms with Crippen LogP contribution in [0.15, 0.2) is 48.5 Å². The van der Waals surface area contributed by atoms with E-state index in [0.717, 1.165) is 11.8 Å². The number of rotatable bonds is 3. The molecule has 6 heteroatoms. The molecule has 0 saturated heterocycles. The lowest BCUT2D eigenvalue weighted by Crippen LogP contribution is -2.03. The van der Waals surface area contributed by atoms with Gasteiger partial charge < -0.3 is 0 Å². The number of aldehydes is 1. The van der Waals surface area contributed by atoms with E-state index < -0.39 is 0 Å². The molecule has 1 aromatic heterocycles. The second-order valence-electron chi connectivity index (χ2n) is 4.09. The Balaban J connectivity index is 2.07. The molecule has 0 bridgehead atoms. The van der Waals surface area contributed by atoms with Gasteiger partial charge in [-0.05, 0) is 23.4 Å². The van der Waals surface area contributed by atoms with Gasteiger partial charge in [0.05, 0.1) is 5.69 Å². The maximum Gasteiger partial charge on any atom is 0.205 e. The Morgan fingerprint density at radius 1 is 1.10 bits per heavy atom. The third-order valence-corrected chi connectivity index (χ3v) is 3.02. The first-order chi connectivity index (χ1) is 9.78. The third-order valence-electron chi connectivity index (χ3n) is 2.78. The molecule has 0 saturated carbocycles. The molecule has 0 unspecified atom stereocenters. The van der Waals surface area contributed by atoms with Gasteiger partial charge in [0.2, 0.25) is 5.82 Å². The molecule has 2 aromatic carbocycles. The minimum atomic E-state index is 0.450. The highest BCUT2D eigenvalue weighted by Gasteiger charge is 2.10. The summed E-state index contributed by atoms with van der Waals surface area (Å²) in [6, 6.07) is 14.4. The maximum absolute atomic E-state index is 11.1. The molecule has 0 aliphatic rings. The molecule has 5 nitrogen and oxygen atoms in total. The number of aromatic nitrogens is 4. The van der Waals surface area contributed by atoms with E-state index in [1.54, 1.807) is 18.2 Å². The summed E-state index contributed by atoms with van der Waals surface area (Å²) >= 11 is 5.94. The summed E-state index contributed by atoms with van der Waals surface area (Å²) in [5.41, 5.74) is 1.81. The summed E-state index contributed by atoms with van der Waals surface area (Å²) in [5.74, 6) is 0.488. The Morgan fingerprint density at radius 3 is 2.65 bits per heavy atom. The first kappa shape index (κ1) is 12.5. The van der Waals surface area contributed by atoms with Crippen molar-refractivity contribution in [3.8, 4) is 17.1 Å². The minimum Gasteiger partial charge on any atom is -0.298 e. The molecule has 0 fully saturated rings. The van der Waals surface area contributed by atoms with Crippen molar-refractivity contribution < 1.29 is 4.79 Å². The second-order valence-corrected chi connectivity index (χ2v) is 4.53. The molecule has 0 radical (unpaired) electrons. The van der Waals surface area contributed by atoms with Crippen molar-refractivity contribution in [3.05, 3.63) is 59.1 Å². The van der Waals surface area contributed by atoms with E-state index in [-0.39, 0.29) is 0 Å². The first-order valence-electron chi connectivity index (χ1n) is 5.88. The topological polar surface area (TPSA) is 60.7 Å². The van der Waals surface area contributed by atoms with Crippen molar-refractivity contribution in [1.82, 2.24) is 20.2 Å². The Hall–Kier alpha value is -2.53. The van der Waals surface area contributed by atoms with Gasteiger partial charge in [0.25, 0.3) is 0 Å². The summed E-state index contributed by atoms with van der Waals surface area (Å²) < 4.78 is 0. The quantitative estimate of drug-likeness (QED) is 0.694. The monoisotopic (exact) mass is 284 g/mol. The van der Waals surface area contributed by atoms with Gasteiger partial charge in [-0.3, -0.25) is 4.79 Å². The van der Waals surface area contributed by atoms with Crippen LogP contribution in [-0.4, -0.2) is 26.5 Å². The van der Waals surface area contributed by atoms with Crippen LogP contribution in [0.3, 0.4) is 0 Å². The maximum atomic E-state index is 11.1. The van der Waals surface area contributed by atoms with Gasteiger partial charge in [0.15, 0.2) is 6.29 Å². The average molecular weight is 285 g/mol. The van der Waals surface area contributed by atoms with Gasteiger partial charge in [0.1, 0.15) is 0 Å². The molecule has 0 spiro atoms. The summed E-state index contributed by atoms with van der Waals surface area (Å²) in [6.45, 7) is 0. The number of halogens is 1. The molecule has 0 aliphatic heterocycles. The Labute approximate surface area is 119 Å². The SMILES string of the molecule is O=Cc1ccc(Cl)cc1-n1nnc(-c2ccccc2)n1. The Morgan fingerprint density at radius 2 is 1.90 bits per heavy atom. The van der Waals surface area contributed by atoms with Crippen LogP contribution in [-0.2, 0) is 0 Å². The standard InChI is InChI=1S/C14H9ClN4O/c15-12-7-6-11(9-20)13(8-12)19-17-14(16-18-19)10-4-2-1-3-5-10/h1-9H. The van der Waals surface area contributed by atoms with E-state index >= 15 is 0 Å². The van der Waals surface area contributed by atoms with Gasteiger partial charge >= 0.3 is 0 Å². The lowest BCUT2D eigenvalue weighted by atomic mass is 10.2. The molecule has 0 aliphatic carbocycles. The largest absolute Gasteiger partial charge is 0.298 e. The molecule has 0 atom stereocenters. The predicted octanol–water partition coefficient (Wildman–Crippen LogP) is 2.80. The van der Waals surface area contributed by atoms with Crippen LogP contribution < -0.4 is 0 Å². The van der Waals surface area contributed by atoms with Crippen LogP contribution in [0.4, 0.5) is 0 Å². The van der Waals surface area contributed by atoms with Crippen molar-refractivity contribution in [2.75, 3.05) is 0 Å². The number of nitrogens with zero attached hydrogens (tertiary/aromatic N) is 4. The molecular weight excluding hydrogens is 276 g/mol. The van der Waals surface area contributed by atoms with Crippen LogP contribution in [0.2, 0.25) is 5.02 Å². The van der Waals surface area contributed by atoms with Crippen molar-refractivity contribution >= 4 is 17.9 Å². The third kappa shape index (κ3) is 2.31. The van der Waals surface area contributed by atoms with E-state index in [1.165, 1.54) is 4.80 Å². The number of hydrogen-bond acceptors (Lipinski definition) is 4. The van der Waals surface area contributed by atoms with E-state index in [1.807, 2.05) is 30.3 Å². The number of tetrazole rings is 1. The molecule has 3 aromatic rings. The van der Waals surface area contributed by atoms with Gasteiger partial charge in [-0.15, -0.1) is 15.0 Å². The smallest absolute Gasteiger partial charge is 0.205 e. The van der Waals surface area contributed by atoms with Gasteiger partial charge in [0, 0.05) is 16.1 Å². The predicted molar refractivity (Wildman–Crippen MR) is 75.0 cm³/mol. The zero-order valence-corrected chi connectivity index (χ0v) is 11.0. The highest BCUT2D eigenvalue weighted by molar-refractivity contribution is 6.30. The van der Waals surface area contributed by atoms with E-state index in [4.69, 9.17) is 11.6 Å². The fourth-order valence-corrected chi connectivity index (χ4v) is 1.98. The molecule has 98 valence electrons. The first-order valence-corrected chi connectivity index (χ1v) is 6.26. The fourth-order valence-electron chi connectivity index (χ4n) is 1.81. The average Bonchev–Trinajstić information content (AvgIpc) is 2.98. The van der Waals surface area contributed by atoms with Crippen LogP contribution in [0.1, 0.15) is 10.4 Å². The summed E-state index contributed by atoms with van der Waals surface area (Å²) in [6.07, 6.45) is 0.733. The van der Waals surface area contributed by atoms with E-state index in [0.29, 0.717) is 22.1 Å². The normalized spacial score (nSPS) is 10.4. The number of hydrogen-bond donors (Lipinski definition) is 0. The van der Waals surface area contributed by atoms with Crippen LogP contribution in [0.5, 0.6) is 0 Å². The van der Waals surface area contributed by atoms with E-state index in [9.17, 15) is 4.79 Å². The lowest BCUT2D eigenvalue weighted by molar-refractivity contribution is 0.112. The summed E-state index contributed by atoms with van der Waals surface area (Å²) in [5, 5.41) is 12.7. The highest BCUT2D eigenvalue weighted by atomic mass is 35.5. The van der Waals surface area contributed by atoms with Crippen molar-refractivity contribution in [3.63, 3.8) is 0 Å². The Kier molecular flexibility index (Phi) is 3.26. The second kappa shape index (κ2) is 5.22. The zero-order valence-electron chi connectivity index (χ0n) is 10.3. The molecule has 0 amide bonds. The van der Waals surface area contributed by atoms with Crippen molar-refractivity contribution in [2.45, 2.75) is 0 Å². The zero-order chi connectivity index (χ0) is 13.9. The number of carbonyl (C=O) groups is 1. The fraction of sp³-hybridized carbons (Fsp3) is 0. The van der Waals surface area contributed by atoms with Crippen molar-refractivity contribution in [1.29, 1.82) is 0 Å². The molecular formula is C14H9ClN4O.